The van der Waals surface area contributed by atoms with Gasteiger partial charge in [-0.05, 0) is 37.0 Å². The zero-order valence-electron chi connectivity index (χ0n) is 22.4. The summed E-state index contributed by atoms with van der Waals surface area (Å²) < 4.78 is 0. The maximum atomic E-state index is 13.4. The number of fused-ring (bicyclic) bond motifs is 2. The van der Waals surface area contributed by atoms with Gasteiger partial charge in [0.25, 0.3) is 5.91 Å². The zero-order valence-corrected chi connectivity index (χ0v) is 22.4. The largest absolute Gasteiger partial charge is 0.480 e. The number of carbonyl (C=O) groups excluding carboxylic acids is 5. The minimum absolute atomic E-state index is 0.00327. The first-order valence-electron chi connectivity index (χ1n) is 12.7. The molecule has 1 aliphatic heterocycles. The van der Waals surface area contributed by atoms with Crippen LogP contribution in [0.2, 0.25) is 0 Å². The third kappa shape index (κ3) is 9.56. The molecule has 218 valence electrons. The maximum absolute atomic E-state index is 13.4. The first-order chi connectivity index (χ1) is 18.9. The van der Waals surface area contributed by atoms with E-state index in [-0.39, 0.29) is 37.5 Å². The van der Waals surface area contributed by atoms with Crippen molar-refractivity contribution in [3.63, 3.8) is 0 Å². The second-order valence-corrected chi connectivity index (χ2v) is 9.21. The van der Waals surface area contributed by atoms with E-state index >= 15 is 0 Å². The fourth-order valence-corrected chi connectivity index (χ4v) is 3.98. The first kappa shape index (κ1) is 31.5. The molecule has 5 amide bonds. The van der Waals surface area contributed by atoms with E-state index < -0.39 is 66.6 Å². The number of amides is 5. The van der Waals surface area contributed by atoms with Crippen LogP contribution in [-0.4, -0.2) is 89.7 Å². The van der Waals surface area contributed by atoms with E-state index in [4.69, 9.17) is 11.5 Å². The molecular formula is C25H36N8O7. The van der Waals surface area contributed by atoms with Gasteiger partial charge in [-0.3, -0.25) is 29.0 Å². The van der Waals surface area contributed by atoms with Gasteiger partial charge in [-0.15, -0.1) is 0 Å². The summed E-state index contributed by atoms with van der Waals surface area (Å²) >= 11 is 0. The zero-order chi connectivity index (χ0) is 29.8. The average Bonchev–Trinajstić information content (AvgIpc) is 2.91. The fourth-order valence-electron chi connectivity index (χ4n) is 3.98. The highest BCUT2D eigenvalue weighted by Crippen LogP contribution is 2.12. The number of carbonyl (C=O) groups is 6. The number of likely N-dealkylation sites (N-methyl/N-ethyl adjacent to an activating group) is 1. The van der Waals surface area contributed by atoms with Crippen molar-refractivity contribution in [2.45, 2.75) is 57.3 Å². The lowest BCUT2D eigenvalue weighted by Crippen LogP contribution is -2.55. The molecule has 0 saturated carbocycles. The molecule has 2 bridgehead atoms. The van der Waals surface area contributed by atoms with Crippen LogP contribution in [0.3, 0.4) is 0 Å². The topological polar surface area (TPSA) is 238 Å². The van der Waals surface area contributed by atoms with E-state index in [2.05, 4.69) is 26.3 Å². The van der Waals surface area contributed by atoms with Gasteiger partial charge in [-0.1, -0.05) is 19.1 Å². The van der Waals surface area contributed by atoms with Gasteiger partial charge in [-0.25, -0.2) is 4.79 Å². The van der Waals surface area contributed by atoms with Gasteiger partial charge in [-0.2, -0.15) is 0 Å². The smallest absolute Gasteiger partial charge is 0.326 e. The van der Waals surface area contributed by atoms with Crippen molar-refractivity contribution < 1.29 is 33.9 Å². The Labute approximate surface area is 231 Å². The predicted molar refractivity (Wildman–Crippen MR) is 143 cm³/mol. The van der Waals surface area contributed by atoms with Crippen molar-refractivity contribution in [1.82, 2.24) is 26.2 Å². The van der Waals surface area contributed by atoms with Crippen molar-refractivity contribution in [2.24, 2.45) is 16.5 Å². The highest BCUT2D eigenvalue weighted by Gasteiger charge is 2.32. The summed E-state index contributed by atoms with van der Waals surface area (Å²) in [6.45, 7) is 1.28. The molecule has 1 aromatic rings. The molecule has 1 aromatic carbocycles. The summed E-state index contributed by atoms with van der Waals surface area (Å²) in [5, 5.41) is 19.3. The van der Waals surface area contributed by atoms with Crippen molar-refractivity contribution in [3.05, 3.63) is 35.4 Å². The Kier molecular flexibility index (Phi) is 11.9. The van der Waals surface area contributed by atoms with Crippen LogP contribution < -0.4 is 32.7 Å². The van der Waals surface area contributed by atoms with Gasteiger partial charge in [0, 0.05) is 25.7 Å². The molecule has 9 N–H and O–H groups in total. The van der Waals surface area contributed by atoms with Gasteiger partial charge in [0.1, 0.15) is 18.1 Å². The van der Waals surface area contributed by atoms with Crippen LogP contribution in [0.1, 0.15) is 48.5 Å². The van der Waals surface area contributed by atoms with Crippen molar-refractivity contribution >= 4 is 41.5 Å². The lowest BCUT2D eigenvalue weighted by atomic mass is 10.1. The Morgan fingerprint density at radius 1 is 1.07 bits per heavy atom. The van der Waals surface area contributed by atoms with E-state index in [1.54, 1.807) is 25.1 Å². The van der Waals surface area contributed by atoms with Crippen LogP contribution in [0.4, 0.5) is 0 Å². The third-order valence-corrected chi connectivity index (χ3v) is 6.18. The number of hydrogen-bond acceptors (Lipinski definition) is 7. The maximum Gasteiger partial charge on any atom is 0.326 e. The van der Waals surface area contributed by atoms with Crippen LogP contribution in [0.25, 0.3) is 0 Å². The van der Waals surface area contributed by atoms with Gasteiger partial charge in [0.05, 0.1) is 13.0 Å². The monoisotopic (exact) mass is 560 g/mol. The molecule has 0 saturated heterocycles. The van der Waals surface area contributed by atoms with Crippen LogP contribution in [0.15, 0.2) is 29.3 Å². The molecule has 15 nitrogen and oxygen atoms in total. The van der Waals surface area contributed by atoms with Crippen molar-refractivity contribution in [1.29, 1.82) is 0 Å². The molecule has 0 unspecified atom stereocenters. The molecule has 40 heavy (non-hydrogen) atoms. The molecule has 0 fully saturated rings. The van der Waals surface area contributed by atoms with Crippen LogP contribution >= 0.6 is 0 Å². The Hall–Kier alpha value is -4.69. The standard InChI is InChI=1S/C25H36N8O7/c1-3-16-23(38)33(2)18(8-5-9-28-25(26)27)22(37)30-13-20(35)31-17(24(39)40)11-19(34)29-12-14-6-4-7-15(10-14)21(36)32-16/h4,6-7,10,16-18H,3,5,8-9,11-13H2,1-2H3,(H,29,34)(H,30,37)(H,31,35)(H,32,36)(H,39,40)(H4,26,27,28)/t16-,17-,18+/m1/s1. The summed E-state index contributed by atoms with van der Waals surface area (Å²) in [5.74, 6) is -4.82. The van der Waals surface area contributed by atoms with Gasteiger partial charge >= 0.3 is 5.97 Å². The fraction of sp³-hybridized carbons (Fsp3) is 0.480. The minimum atomic E-state index is -1.55. The molecule has 0 aromatic heterocycles. The number of rotatable bonds is 6. The van der Waals surface area contributed by atoms with Gasteiger partial charge in [0.2, 0.25) is 23.6 Å². The van der Waals surface area contributed by atoms with Crippen LogP contribution in [0.5, 0.6) is 0 Å². The lowest BCUT2D eigenvalue weighted by molar-refractivity contribution is -0.144. The van der Waals surface area contributed by atoms with Gasteiger partial charge < -0.3 is 42.7 Å². The molecule has 2 rings (SSSR count). The molecule has 0 spiro atoms. The number of nitrogens with two attached hydrogens (primary N) is 2. The predicted octanol–water partition coefficient (Wildman–Crippen LogP) is -2.22. The Bertz CT molecular complexity index is 1150. The summed E-state index contributed by atoms with van der Waals surface area (Å²) in [6.07, 6.45) is 0.104. The lowest BCUT2D eigenvalue weighted by Gasteiger charge is -2.30. The summed E-state index contributed by atoms with van der Waals surface area (Å²) in [5.41, 5.74) is 11.5. The summed E-state index contributed by atoms with van der Waals surface area (Å²) in [4.78, 5) is 80.9. The summed E-state index contributed by atoms with van der Waals surface area (Å²) in [7, 11) is 1.41. The second-order valence-electron chi connectivity index (χ2n) is 9.21. The van der Waals surface area contributed by atoms with E-state index in [0.717, 1.165) is 0 Å². The molecular weight excluding hydrogens is 524 g/mol. The Morgan fingerprint density at radius 3 is 2.45 bits per heavy atom. The number of guanidine groups is 1. The molecule has 15 heteroatoms. The highest BCUT2D eigenvalue weighted by molar-refractivity contribution is 5.99. The SMILES string of the molecule is CC[C@H]1NC(=O)c2cccc(c2)CNC(=O)C[C@H](C(=O)O)NC(=O)CNC(=O)[C@H](CCCN=C(N)N)N(C)C1=O. The number of aliphatic imine (C=N–C) groups is 1. The van der Waals surface area contributed by atoms with Crippen molar-refractivity contribution in [3.8, 4) is 0 Å². The Morgan fingerprint density at radius 2 is 1.80 bits per heavy atom. The molecule has 1 heterocycles. The second kappa shape index (κ2) is 15.0. The number of hydrogen-bond donors (Lipinski definition) is 7. The number of benzene rings is 1. The van der Waals surface area contributed by atoms with E-state index in [9.17, 15) is 33.9 Å². The van der Waals surface area contributed by atoms with Crippen LogP contribution in [0, 0.1) is 0 Å². The third-order valence-electron chi connectivity index (χ3n) is 6.18. The normalized spacial score (nSPS) is 21.5. The molecule has 3 atom stereocenters. The van der Waals surface area contributed by atoms with Crippen molar-refractivity contribution in [2.75, 3.05) is 20.1 Å². The number of carboxylic acids is 1. The average molecular weight is 561 g/mol. The quantitative estimate of drug-likeness (QED) is 0.113. The summed E-state index contributed by atoms with van der Waals surface area (Å²) in [6, 6.07) is 2.76. The number of nitrogens with one attached hydrogen (secondary N) is 4. The minimum Gasteiger partial charge on any atom is -0.480 e. The highest BCUT2D eigenvalue weighted by atomic mass is 16.4. The number of carboxylic acid groups (broad SMARTS) is 1. The first-order valence-corrected chi connectivity index (χ1v) is 12.7. The Balaban J connectivity index is 2.38. The molecule has 1 aliphatic rings. The van der Waals surface area contributed by atoms with E-state index in [1.165, 1.54) is 18.0 Å². The number of aliphatic carboxylic acids is 1. The number of nitrogens with zero attached hydrogens (tertiary/aromatic N) is 2. The van der Waals surface area contributed by atoms with Gasteiger partial charge in [0.15, 0.2) is 5.96 Å². The molecule has 0 radical (unpaired) electrons. The van der Waals surface area contributed by atoms with Crippen LogP contribution in [-0.2, 0) is 30.5 Å². The van der Waals surface area contributed by atoms with E-state index in [0.29, 0.717) is 12.0 Å². The molecule has 0 aliphatic carbocycles. The van der Waals surface area contributed by atoms with E-state index in [1.807, 2.05) is 0 Å².